The Balaban J connectivity index is 2.05. The Morgan fingerprint density at radius 3 is 2.50 bits per heavy atom. The van der Waals surface area contributed by atoms with Gasteiger partial charge >= 0.3 is 0 Å². The first-order valence-electron chi connectivity index (χ1n) is 7.27. The molecular weight excluding hydrogens is 376 g/mol. The van der Waals surface area contributed by atoms with Crippen LogP contribution in [0.25, 0.3) is 0 Å². The molecule has 0 saturated heterocycles. The number of hydrogen-bond donors (Lipinski definition) is 0. The Labute approximate surface area is 148 Å². The highest BCUT2D eigenvalue weighted by Crippen LogP contribution is 2.28. The van der Waals surface area contributed by atoms with Crippen LogP contribution in [0.5, 0.6) is 5.75 Å². The minimum Gasteiger partial charge on any atom is -0.492 e. The number of nitro groups is 1. The Hall–Kier alpha value is -2.41. The number of carbonyl (C=O) groups is 1. The van der Waals surface area contributed by atoms with Crippen LogP contribution in [0.4, 0.5) is 11.4 Å². The molecule has 126 valence electrons. The lowest BCUT2D eigenvalue weighted by Crippen LogP contribution is -2.24. The number of anilines is 1. The van der Waals surface area contributed by atoms with Crippen LogP contribution in [0.1, 0.15) is 17.3 Å². The molecule has 0 radical (unpaired) electrons. The van der Waals surface area contributed by atoms with E-state index in [1.165, 1.54) is 13.0 Å². The van der Waals surface area contributed by atoms with Crippen molar-refractivity contribution in [2.24, 2.45) is 0 Å². The molecule has 2 rings (SSSR count). The van der Waals surface area contributed by atoms with E-state index in [4.69, 9.17) is 4.74 Å². The second kappa shape index (κ2) is 7.92. The topological polar surface area (TPSA) is 72.7 Å². The normalized spacial score (nSPS) is 10.3. The zero-order valence-corrected chi connectivity index (χ0v) is 14.9. The van der Waals surface area contributed by atoms with Gasteiger partial charge in [0.1, 0.15) is 18.0 Å². The quantitative estimate of drug-likeness (QED) is 0.403. The maximum Gasteiger partial charge on any atom is 0.293 e. The lowest BCUT2D eigenvalue weighted by Gasteiger charge is -2.19. The molecule has 2 aromatic carbocycles. The van der Waals surface area contributed by atoms with Crippen molar-refractivity contribution in [3.05, 3.63) is 62.6 Å². The molecule has 2 aromatic rings. The zero-order valence-electron chi connectivity index (χ0n) is 13.4. The van der Waals surface area contributed by atoms with Gasteiger partial charge in [-0.1, -0.05) is 15.9 Å². The average molecular weight is 393 g/mol. The Morgan fingerprint density at radius 2 is 1.92 bits per heavy atom. The van der Waals surface area contributed by atoms with Crippen LogP contribution < -0.4 is 9.64 Å². The van der Waals surface area contributed by atoms with Gasteiger partial charge in [0, 0.05) is 23.2 Å². The van der Waals surface area contributed by atoms with Crippen molar-refractivity contribution in [1.29, 1.82) is 0 Å². The number of nitrogens with zero attached hydrogens (tertiary/aromatic N) is 2. The summed E-state index contributed by atoms with van der Waals surface area (Å²) in [5.41, 5.74) is 0.684. The largest absolute Gasteiger partial charge is 0.492 e. The molecule has 0 heterocycles. The fraction of sp³-hybridized carbons (Fsp3) is 0.235. The number of ketones is 1. The number of rotatable bonds is 7. The highest BCUT2D eigenvalue weighted by molar-refractivity contribution is 9.10. The van der Waals surface area contributed by atoms with Gasteiger partial charge in [0.15, 0.2) is 5.78 Å². The van der Waals surface area contributed by atoms with Gasteiger partial charge in [-0.25, -0.2) is 0 Å². The molecule has 0 amide bonds. The van der Waals surface area contributed by atoms with Crippen LogP contribution in [0.15, 0.2) is 46.9 Å². The molecule has 0 aromatic heterocycles. The fourth-order valence-corrected chi connectivity index (χ4v) is 2.43. The van der Waals surface area contributed by atoms with Crippen molar-refractivity contribution in [3.8, 4) is 5.75 Å². The Bertz CT molecular complexity index is 747. The van der Waals surface area contributed by atoms with E-state index in [0.29, 0.717) is 24.4 Å². The maximum absolute atomic E-state index is 11.4. The third-order valence-electron chi connectivity index (χ3n) is 3.50. The number of ether oxygens (including phenoxy) is 1. The van der Waals surface area contributed by atoms with E-state index in [2.05, 4.69) is 15.9 Å². The maximum atomic E-state index is 11.4. The first-order valence-corrected chi connectivity index (χ1v) is 8.06. The summed E-state index contributed by atoms with van der Waals surface area (Å²) in [4.78, 5) is 23.9. The molecular formula is C17H17BrN2O4. The first kappa shape index (κ1) is 17.9. The molecule has 0 aliphatic carbocycles. The second-order valence-electron chi connectivity index (χ2n) is 5.24. The zero-order chi connectivity index (χ0) is 17.7. The summed E-state index contributed by atoms with van der Waals surface area (Å²) < 4.78 is 6.59. The Kier molecular flexibility index (Phi) is 5.92. The molecule has 0 aliphatic heterocycles. The van der Waals surface area contributed by atoms with Gasteiger partial charge in [-0.2, -0.15) is 0 Å². The summed E-state index contributed by atoms with van der Waals surface area (Å²) in [5, 5.41) is 11.3. The van der Waals surface area contributed by atoms with Crippen LogP contribution in [0.2, 0.25) is 0 Å². The summed E-state index contributed by atoms with van der Waals surface area (Å²) in [6, 6.07) is 11.9. The van der Waals surface area contributed by atoms with Gasteiger partial charge in [-0.3, -0.25) is 14.9 Å². The predicted octanol–water partition coefficient (Wildman–Crippen LogP) is 4.08. The predicted molar refractivity (Wildman–Crippen MR) is 96.0 cm³/mol. The second-order valence-corrected chi connectivity index (χ2v) is 6.16. The van der Waals surface area contributed by atoms with E-state index in [9.17, 15) is 14.9 Å². The standard InChI is InChI=1S/C17H17BrN2O4/c1-12(21)13-3-8-16(17(11-13)20(22)23)19(2)9-10-24-15-6-4-14(18)5-7-15/h3-8,11H,9-10H2,1-2H3. The lowest BCUT2D eigenvalue weighted by molar-refractivity contribution is -0.384. The summed E-state index contributed by atoms with van der Waals surface area (Å²) in [6.45, 7) is 2.23. The summed E-state index contributed by atoms with van der Waals surface area (Å²) in [6.07, 6.45) is 0. The van der Waals surface area contributed by atoms with Gasteiger partial charge in [0.05, 0.1) is 11.5 Å². The third kappa shape index (κ3) is 4.55. The molecule has 7 heteroatoms. The SMILES string of the molecule is CC(=O)c1ccc(N(C)CCOc2ccc(Br)cc2)c([N+](=O)[O-])c1. The van der Waals surface area contributed by atoms with E-state index < -0.39 is 4.92 Å². The van der Waals surface area contributed by atoms with Crippen LogP contribution in [0.3, 0.4) is 0 Å². The molecule has 0 saturated carbocycles. The molecule has 0 aliphatic rings. The van der Waals surface area contributed by atoms with Gasteiger partial charge in [0.2, 0.25) is 0 Å². The van der Waals surface area contributed by atoms with Crippen molar-refractivity contribution in [1.82, 2.24) is 0 Å². The monoisotopic (exact) mass is 392 g/mol. The lowest BCUT2D eigenvalue weighted by atomic mass is 10.1. The molecule has 0 atom stereocenters. The van der Waals surface area contributed by atoms with E-state index in [-0.39, 0.29) is 11.5 Å². The average Bonchev–Trinajstić information content (AvgIpc) is 2.55. The van der Waals surface area contributed by atoms with Gasteiger partial charge in [-0.05, 0) is 43.3 Å². The number of Topliss-reactive ketones (excluding diaryl/α,β-unsaturated/α-hetero) is 1. The van der Waals surface area contributed by atoms with Crippen LogP contribution in [-0.4, -0.2) is 30.9 Å². The molecule has 0 N–H and O–H groups in total. The summed E-state index contributed by atoms with van der Waals surface area (Å²) in [7, 11) is 1.75. The number of likely N-dealkylation sites (N-methyl/N-ethyl adjacent to an activating group) is 1. The van der Waals surface area contributed by atoms with E-state index in [1.807, 2.05) is 24.3 Å². The minimum absolute atomic E-state index is 0.0890. The minimum atomic E-state index is -0.478. The van der Waals surface area contributed by atoms with Crippen LogP contribution >= 0.6 is 15.9 Å². The summed E-state index contributed by atoms with van der Waals surface area (Å²) in [5.74, 6) is 0.527. The molecule has 6 nitrogen and oxygen atoms in total. The number of halogens is 1. The number of benzene rings is 2. The van der Waals surface area contributed by atoms with Crippen molar-refractivity contribution >= 4 is 33.1 Å². The van der Waals surface area contributed by atoms with Crippen LogP contribution in [0, 0.1) is 10.1 Å². The van der Waals surface area contributed by atoms with Gasteiger partial charge < -0.3 is 9.64 Å². The van der Waals surface area contributed by atoms with Crippen molar-refractivity contribution < 1.29 is 14.5 Å². The Morgan fingerprint density at radius 1 is 1.25 bits per heavy atom. The number of carbonyl (C=O) groups excluding carboxylic acids is 1. The van der Waals surface area contributed by atoms with Crippen LogP contribution in [-0.2, 0) is 0 Å². The number of hydrogen-bond acceptors (Lipinski definition) is 5. The van der Waals surface area contributed by atoms with Crippen molar-refractivity contribution in [2.75, 3.05) is 25.1 Å². The molecule has 0 unspecified atom stereocenters. The fourth-order valence-electron chi connectivity index (χ4n) is 2.16. The molecule has 0 spiro atoms. The van der Waals surface area contributed by atoms with Crippen molar-refractivity contribution in [3.63, 3.8) is 0 Å². The molecule has 0 bridgehead atoms. The number of nitro benzene ring substituents is 1. The smallest absolute Gasteiger partial charge is 0.293 e. The van der Waals surface area contributed by atoms with Crippen molar-refractivity contribution in [2.45, 2.75) is 6.92 Å². The first-order chi connectivity index (χ1) is 11.4. The highest BCUT2D eigenvalue weighted by atomic mass is 79.9. The third-order valence-corrected chi connectivity index (χ3v) is 4.03. The van der Waals surface area contributed by atoms with E-state index in [1.54, 1.807) is 24.1 Å². The summed E-state index contributed by atoms with van der Waals surface area (Å²) >= 11 is 3.35. The molecule has 0 fully saturated rings. The van der Waals surface area contributed by atoms with Gasteiger partial charge in [0.25, 0.3) is 5.69 Å². The highest BCUT2D eigenvalue weighted by Gasteiger charge is 2.19. The van der Waals surface area contributed by atoms with E-state index in [0.717, 1.165) is 10.2 Å². The van der Waals surface area contributed by atoms with Gasteiger partial charge in [-0.15, -0.1) is 0 Å². The molecule has 24 heavy (non-hydrogen) atoms. The van der Waals surface area contributed by atoms with E-state index >= 15 is 0 Å².